The van der Waals surface area contributed by atoms with Crippen molar-refractivity contribution >= 4 is 0 Å². The lowest BCUT2D eigenvalue weighted by molar-refractivity contribution is 0.224. The van der Waals surface area contributed by atoms with Crippen LogP contribution in [0, 0.1) is 0 Å². The molecule has 2 rings (SSSR count). The van der Waals surface area contributed by atoms with Crippen LogP contribution >= 0.6 is 0 Å². The molecule has 92 valence electrons. The fourth-order valence-electron chi connectivity index (χ4n) is 1.89. The molecule has 4 nitrogen and oxygen atoms in total. The van der Waals surface area contributed by atoms with E-state index in [1.54, 1.807) is 14.2 Å². The summed E-state index contributed by atoms with van der Waals surface area (Å²) in [7, 11) is 3.25. The van der Waals surface area contributed by atoms with Crippen LogP contribution in [0.15, 0.2) is 30.0 Å². The summed E-state index contributed by atoms with van der Waals surface area (Å²) in [5, 5.41) is 0. The summed E-state index contributed by atoms with van der Waals surface area (Å²) in [6.45, 7) is 0.704. The maximum atomic E-state index is 6.17. The van der Waals surface area contributed by atoms with E-state index in [-0.39, 0.29) is 6.04 Å². The molecular formula is C13H17NO3. The quantitative estimate of drug-likeness (QED) is 0.867. The summed E-state index contributed by atoms with van der Waals surface area (Å²) in [6.07, 6.45) is 2.93. The first-order valence-electron chi connectivity index (χ1n) is 5.56. The molecule has 2 N–H and O–H groups in total. The second kappa shape index (κ2) is 5.10. The van der Waals surface area contributed by atoms with Gasteiger partial charge in [0.1, 0.15) is 17.3 Å². The zero-order valence-corrected chi connectivity index (χ0v) is 10.1. The van der Waals surface area contributed by atoms with Crippen LogP contribution in [0.5, 0.6) is 11.5 Å². The van der Waals surface area contributed by atoms with Crippen molar-refractivity contribution in [3.63, 3.8) is 0 Å². The second-order valence-electron chi connectivity index (χ2n) is 3.83. The van der Waals surface area contributed by atoms with E-state index in [9.17, 15) is 0 Å². The van der Waals surface area contributed by atoms with Crippen molar-refractivity contribution < 1.29 is 14.2 Å². The zero-order chi connectivity index (χ0) is 12.3. The van der Waals surface area contributed by atoms with Crippen molar-refractivity contribution in [2.24, 2.45) is 5.73 Å². The summed E-state index contributed by atoms with van der Waals surface area (Å²) in [4.78, 5) is 0. The Kier molecular flexibility index (Phi) is 3.54. The van der Waals surface area contributed by atoms with Gasteiger partial charge >= 0.3 is 0 Å². The molecule has 1 aliphatic rings. The summed E-state index contributed by atoms with van der Waals surface area (Å²) in [5.74, 6) is 2.31. The number of hydrogen-bond donors (Lipinski definition) is 1. The van der Waals surface area contributed by atoms with Gasteiger partial charge in [-0.3, -0.25) is 0 Å². The highest BCUT2D eigenvalue weighted by atomic mass is 16.5. The molecule has 1 atom stereocenters. The molecule has 4 heteroatoms. The fourth-order valence-corrected chi connectivity index (χ4v) is 1.89. The summed E-state index contributed by atoms with van der Waals surface area (Å²) >= 11 is 0. The fraction of sp³-hybridized carbons (Fsp3) is 0.385. The molecule has 0 saturated heterocycles. The number of methoxy groups -OCH3 is 2. The molecule has 1 aliphatic heterocycles. The first kappa shape index (κ1) is 11.8. The molecular weight excluding hydrogens is 218 g/mol. The molecule has 0 radical (unpaired) electrons. The molecule has 0 spiro atoms. The molecule has 0 aliphatic carbocycles. The highest BCUT2D eigenvalue weighted by Crippen LogP contribution is 2.33. The average molecular weight is 235 g/mol. The molecule has 0 aromatic heterocycles. The van der Waals surface area contributed by atoms with Gasteiger partial charge in [0.15, 0.2) is 0 Å². The smallest absolute Gasteiger partial charge is 0.124 e. The summed E-state index contributed by atoms with van der Waals surface area (Å²) in [5.41, 5.74) is 7.05. The Morgan fingerprint density at radius 1 is 1.29 bits per heavy atom. The minimum Gasteiger partial charge on any atom is -0.497 e. The lowest BCUT2D eigenvalue weighted by Gasteiger charge is -2.17. The van der Waals surface area contributed by atoms with Gasteiger partial charge in [0.05, 0.1) is 26.9 Å². The van der Waals surface area contributed by atoms with Gasteiger partial charge in [0.2, 0.25) is 0 Å². The molecule has 0 saturated carbocycles. The van der Waals surface area contributed by atoms with E-state index in [1.807, 2.05) is 24.3 Å². The highest BCUT2D eigenvalue weighted by Gasteiger charge is 2.20. The SMILES string of the molecule is COc1ccc(OC)c(C(N)C2=CCCO2)c1. The van der Waals surface area contributed by atoms with Crippen molar-refractivity contribution in [2.75, 3.05) is 20.8 Å². The van der Waals surface area contributed by atoms with Crippen molar-refractivity contribution in [3.05, 3.63) is 35.6 Å². The number of ether oxygens (including phenoxy) is 3. The minimum atomic E-state index is -0.303. The van der Waals surface area contributed by atoms with E-state index in [4.69, 9.17) is 19.9 Å². The molecule has 0 amide bonds. The Morgan fingerprint density at radius 2 is 2.12 bits per heavy atom. The Bertz CT molecular complexity index is 429. The Hall–Kier alpha value is -1.68. The lowest BCUT2D eigenvalue weighted by Crippen LogP contribution is -2.15. The average Bonchev–Trinajstić information content (AvgIpc) is 2.91. The number of hydrogen-bond acceptors (Lipinski definition) is 4. The van der Waals surface area contributed by atoms with Crippen LogP contribution in [0.4, 0.5) is 0 Å². The highest BCUT2D eigenvalue weighted by molar-refractivity contribution is 5.44. The van der Waals surface area contributed by atoms with Crippen molar-refractivity contribution in [3.8, 4) is 11.5 Å². The number of nitrogens with two attached hydrogens (primary N) is 1. The molecule has 0 bridgehead atoms. The van der Waals surface area contributed by atoms with Crippen LogP contribution < -0.4 is 15.2 Å². The van der Waals surface area contributed by atoms with Crippen molar-refractivity contribution in [1.29, 1.82) is 0 Å². The van der Waals surface area contributed by atoms with Gasteiger partial charge in [-0.25, -0.2) is 0 Å². The molecule has 1 aromatic carbocycles. The van der Waals surface area contributed by atoms with E-state index in [0.717, 1.165) is 29.2 Å². The van der Waals surface area contributed by atoms with Crippen LogP contribution in [-0.4, -0.2) is 20.8 Å². The van der Waals surface area contributed by atoms with Gasteiger partial charge in [-0.15, -0.1) is 0 Å². The molecule has 17 heavy (non-hydrogen) atoms. The first-order chi connectivity index (χ1) is 8.26. The van der Waals surface area contributed by atoms with E-state index >= 15 is 0 Å². The maximum Gasteiger partial charge on any atom is 0.124 e. The van der Waals surface area contributed by atoms with Crippen LogP contribution in [-0.2, 0) is 4.74 Å². The van der Waals surface area contributed by atoms with E-state index in [2.05, 4.69) is 0 Å². The van der Waals surface area contributed by atoms with Crippen LogP contribution in [0.25, 0.3) is 0 Å². The Labute approximate surface area is 101 Å². The molecule has 1 aromatic rings. The zero-order valence-electron chi connectivity index (χ0n) is 10.1. The largest absolute Gasteiger partial charge is 0.497 e. The van der Waals surface area contributed by atoms with Crippen molar-refractivity contribution in [2.45, 2.75) is 12.5 Å². The first-order valence-corrected chi connectivity index (χ1v) is 5.56. The number of benzene rings is 1. The van der Waals surface area contributed by atoms with Gasteiger partial charge in [-0.05, 0) is 24.3 Å². The van der Waals surface area contributed by atoms with E-state index in [0.29, 0.717) is 6.61 Å². The lowest BCUT2D eigenvalue weighted by atomic mass is 10.0. The Balaban J connectivity index is 2.34. The van der Waals surface area contributed by atoms with Crippen molar-refractivity contribution in [1.82, 2.24) is 0 Å². The normalized spacial score (nSPS) is 16.1. The van der Waals surface area contributed by atoms with Gasteiger partial charge in [0.25, 0.3) is 0 Å². The second-order valence-corrected chi connectivity index (χ2v) is 3.83. The third-order valence-corrected chi connectivity index (χ3v) is 2.81. The predicted molar refractivity (Wildman–Crippen MR) is 65.1 cm³/mol. The maximum absolute atomic E-state index is 6.17. The van der Waals surface area contributed by atoms with Gasteiger partial charge in [-0.1, -0.05) is 0 Å². The third kappa shape index (κ3) is 2.36. The minimum absolute atomic E-state index is 0.303. The molecule has 1 heterocycles. The molecule has 0 fully saturated rings. The summed E-state index contributed by atoms with van der Waals surface area (Å²) in [6, 6.07) is 5.27. The molecule has 1 unspecified atom stereocenters. The van der Waals surface area contributed by atoms with Crippen LogP contribution in [0.2, 0.25) is 0 Å². The van der Waals surface area contributed by atoms with Gasteiger partial charge in [0, 0.05) is 12.0 Å². The van der Waals surface area contributed by atoms with Gasteiger partial charge < -0.3 is 19.9 Å². The predicted octanol–water partition coefficient (Wildman–Crippen LogP) is 2.01. The summed E-state index contributed by atoms with van der Waals surface area (Å²) < 4.78 is 16.0. The Morgan fingerprint density at radius 3 is 2.71 bits per heavy atom. The monoisotopic (exact) mass is 235 g/mol. The topological polar surface area (TPSA) is 53.7 Å². The number of rotatable bonds is 4. The standard InChI is InChI=1S/C13H17NO3/c1-15-9-5-6-11(16-2)10(8-9)13(14)12-4-3-7-17-12/h4-6,8,13H,3,7,14H2,1-2H3. The van der Waals surface area contributed by atoms with Crippen LogP contribution in [0.1, 0.15) is 18.0 Å². The van der Waals surface area contributed by atoms with Crippen LogP contribution in [0.3, 0.4) is 0 Å². The van der Waals surface area contributed by atoms with E-state index < -0.39 is 0 Å². The van der Waals surface area contributed by atoms with Gasteiger partial charge in [-0.2, -0.15) is 0 Å². The van der Waals surface area contributed by atoms with E-state index in [1.165, 1.54) is 0 Å². The third-order valence-electron chi connectivity index (χ3n) is 2.81.